The van der Waals surface area contributed by atoms with Crippen LogP contribution in [-0.2, 0) is 4.79 Å². The van der Waals surface area contributed by atoms with E-state index < -0.39 is 0 Å². The summed E-state index contributed by atoms with van der Waals surface area (Å²) >= 11 is 0. The van der Waals surface area contributed by atoms with E-state index in [0.29, 0.717) is 11.9 Å². The molecule has 7 nitrogen and oxygen atoms in total. The Morgan fingerprint density at radius 3 is 2.59 bits per heavy atom. The molecule has 0 unspecified atom stereocenters. The van der Waals surface area contributed by atoms with Gasteiger partial charge in [-0.2, -0.15) is 0 Å². The molecule has 1 aliphatic heterocycles. The Hall–Kier alpha value is -3.06. The fraction of sp³-hybridized carbons (Fsp3) is 0.440. The van der Waals surface area contributed by atoms with Crippen LogP contribution in [0.25, 0.3) is 22.0 Å². The van der Waals surface area contributed by atoms with Gasteiger partial charge in [0.15, 0.2) is 0 Å². The van der Waals surface area contributed by atoms with Gasteiger partial charge in [0.2, 0.25) is 5.91 Å². The van der Waals surface area contributed by atoms with Crippen molar-refractivity contribution in [3.63, 3.8) is 0 Å². The van der Waals surface area contributed by atoms with Gasteiger partial charge in [-0.05, 0) is 63.3 Å². The first-order chi connectivity index (χ1) is 15.6. The molecular formula is C25H30N6O. The first-order valence-electron chi connectivity index (χ1n) is 11.6. The largest absolute Gasteiger partial charge is 0.366 e. The predicted octanol–water partition coefficient (Wildman–Crippen LogP) is 4.33. The standard InChI is InChI=1S/C25H30N6O/c1-31-10-8-21(9-11-31)28-24-16-26-15-22(29-24)18-6-7-19-14-27-23(13-20(19)12-18)30-25(32)17-4-2-3-5-17/h6-7,12-17,21H,2-5,8-11H2,1H3,(H,28,29)(H,27,30,32). The minimum Gasteiger partial charge on any atom is -0.366 e. The zero-order valence-electron chi connectivity index (χ0n) is 18.6. The number of hydrogen-bond donors (Lipinski definition) is 2. The van der Waals surface area contributed by atoms with Crippen LogP contribution in [0.3, 0.4) is 0 Å². The van der Waals surface area contributed by atoms with Gasteiger partial charge in [-0.1, -0.05) is 25.0 Å². The highest BCUT2D eigenvalue weighted by molar-refractivity contribution is 5.95. The molecule has 0 spiro atoms. The summed E-state index contributed by atoms with van der Waals surface area (Å²) in [5.74, 6) is 1.63. The van der Waals surface area contributed by atoms with Crippen molar-refractivity contribution in [1.82, 2.24) is 19.9 Å². The topological polar surface area (TPSA) is 83.0 Å². The second-order valence-corrected chi connectivity index (χ2v) is 9.11. The van der Waals surface area contributed by atoms with E-state index in [1.54, 1.807) is 12.4 Å². The Morgan fingerprint density at radius 1 is 0.969 bits per heavy atom. The molecule has 1 aliphatic carbocycles. The van der Waals surface area contributed by atoms with Crippen molar-refractivity contribution in [1.29, 1.82) is 0 Å². The smallest absolute Gasteiger partial charge is 0.228 e. The minimum atomic E-state index is 0.0871. The molecule has 2 N–H and O–H groups in total. The summed E-state index contributed by atoms with van der Waals surface area (Å²) in [6, 6.07) is 8.55. The number of benzene rings is 1. The molecule has 1 aromatic carbocycles. The number of likely N-dealkylation sites (tertiary alicyclic amines) is 1. The van der Waals surface area contributed by atoms with Gasteiger partial charge in [0.05, 0.1) is 18.1 Å². The van der Waals surface area contributed by atoms with Crippen LogP contribution in [0.15, 0.2) is 42.9 Å². The Bertz CT molecular complexity index is 1100. The number of pyridine rings is 1. The lowest BCUT2D eigenvalue weighted by Crippen LogP contribution is -2.36. The van der Waals surface area contributed by atoms with Gasteiger partial charge >= 0.3 is 0 Å². The Labute approximate surface area is 188 Å². The van der Waals surface area contributed by atoms with Gasteiger partial charge in [0, 0.05) is 29.1 Å². The van der Waals surface area contributed by atoms with Gasteiger partial charge in [0.25, 0.3) is 0 Å². The zero-order chi connectivity index (χ0) is 21.9. The van der Waals surface area contributed by atoms with Crippen LogP contribution in [0, 0.1) is 5.92 Å². The van der Waals surface area contributed by atoms with Gasteiger partial charge in [-0.15, -0.1) is 0 Å². The number of carbonyl (C=O) groups is 1. The predicted molar refractivity (Wildman–Crippen MR) is 127 cm³/mol. The number of anilines is 2. The third-order valence-corrected chi connectivity index (χ3v) is 6.70. The second-order valence-electron chi connectivity index (χ2n) is 9.11. The van der Waals surface area contributed by atoms with Gasteiger partial charge in [0.1, 0.15) is 11.6 Å². The zero-order valence-corrected chi connectivity index (χ0v) is 18.6. The monoisotopic (exact) mass is 430 g/mol. The van der Waals surface area contributed by atoms with E-state index in [4.69, 9.17) is 4.98 Å². The van der Waals surface area contributed by atoms with Crippen molar-refractivity contribution in [2.75, 3.05) is 30.8 Å². The van der Waals surface area contributed by atoms with Crippen molar-refractivity contribution in [2.24, 2.45) is 5.92 Å². The summed E-state index contributed by atoms with van der Waals surface area (Å²) < 4.78 is 0. The third kappa shape index (κ3) is 4.72. The highest BCUT2D eigenvalue weighted by atomic mass is 16.1. The second kappa shape index (κ2) is 9.20. The quantitative estimate of drug-likeness (QED) is 0.627. The van der Waals surface area contributed by atoms with Crippen molar-refractivity contribution < 1.29 is 4.79 Å². The summed E-state index contributed by atoms with van der Waals surface area (Å²) in [4.78, 5) is 28.5. The van der Waals surface area contributed by atoms with E-state index >= 15 is 0 Å². The number of carbonyl (C=O) groups excluding carboxylic acids is 1. The van der Waals surface area contributed by atoms with Crippen molar-refractivity contribution >= 4 is 28.3 Å². The summed E-state index contributed by atoms with van der Waals surface area (Å²) in [7, 11) is 2.16. The van der Waals surface area contributed by atoms with Crippen LogP contribution in [0.4, 0.5) is 11.6 Å². The summed E-state index contributed by atoms with van der Waals surface area (Å²) in [5.41, 5.74) is 1.83. The van der Waals surface area contributed by atoms with Crippen LogP contribution in [0.1, 0.15) is 38.5 Å². The molecule has 1 saturated carbocycles. The van der Waals surface area contributed by atoms with Crippen LogP contribution < -0.4 is 10.6 Å². The molecule has 2 aromatic heterocycles. The van der Waals surface area contributed by atoms with E-state index in [1.165, 1.54) is 0 Å². The molecule has 0 bridgehead atoms. The molecule has 1 amide bonds. The molecule has 0 atom stereocenters. The number of fused-ring (bicyclic) bond motifs is 1. The third-order valence-electron chi connectivity index (χ3n) is 6.70. The Balaban J connectivity index is 1.34. The molecule has 0 radical (unpaired) electrons. The molecule has 3 heterocycles. The Kier molecular flexibility index (Phi) is 5.99. The fourth-order valence-electron chi connectivity index (χ4n) is 4.72. The summed E-state index contributed by atoms with van der Waals surface area (Å²) in [6.07, 6.45) is 11.9. The highest BCUT2D eigenvalue weighted by Gasteiger charge is 2.23. The van der Waals surface area contributed by atoms with Gasteiger partial charge in [-0.3, -0.25) is 9.78 Å². The van der Waals surface area contributed by atoms with Crippen LogP contribution in [-0.4, -0.2) is 51.9 Å². The molecule has 3 aromatic rings. The Morgan fingerprint density at radius 2 is 1.78 bits per heavy atom. The van der Waals surface area contributed by atoms with E-state index in [2.05, 4.69) is 38.6 Å². The normalized spacial score (nSPS) is 18.2. The number of hydrogen-bond acceptors (Lipinski definition) is 6. The number of piperidine rings is 1. The molecule has 32 heavy (non-hydrogen) atoms. The van der Waals surface area contributed by atoms with Crippen molar-refractivity contribution in [3.8, 4) is 11.3 Å². The van der Waals surface area contributed by atoms with Crippen molar-refractivity contribution in [3.05, 3.63) is 42.9 Å². The van der Waals surface area contributed by atoms with Crippen LogP contribution in [0.2, 0.25) is 0 Å². The summed E-state index contributed by atoms with van der Waals surface area (Å²) in [5, 5.41) is 8.60. The molecule has 166 valence electrons. The number of rotatable bonds is 5. The maximum Gasteiger partial charge on any atom is 0.228 e. The molecular weight excluding hydrogens is 400 g/mol. The SMILES string of the molecule is CN1CCC(Nc2cncc(-c3ccc4cnc(NC(=O)C5CCCC5)cc4c3)n2)CC1. The maximum atomic E-state index is 12.5. The van der Waals surface area contributed by atoms with E-state index in [9.17, 15) is 4.79 Å². The summed E-state index contributed by atoms with van der Waals surface area (Å²) in [6.45, 7) is 2.20. The van der Waals surface area contributed by atoms with E-state index in [1.807, 2.05) is 24.4 Å². The van der Waals surface area contributed by atoms with Crippen LogP contribution >= 0.6 is 0 Å². The fourth-order valence-corrected chi connectivity index (χ4v) is 4.72. The average Bonchev–Trinajstić information content (AvgIpc) is 3.36. The minimum absolute atomic E-state index is 0.0871. The van der Waals surface area contributed by atoms with E-state index in [-0.39, 0.29) is 11.8 Å². The van der Waals surface area contributed by atoms with Crippen LogP contribution in [0.5, 0.6) is 0 Å². The number of aromatic nitrogens is 3. The van der Waals surface area contributed by atoms with Gasteiger partial charge in [-0.25, -0.2) is 9.97 Å². The lowest BCUT2D eigenvalue weighted by molar-refractivity contribution is -0.119. The first-order valence-corrected chi connectivity index (χ1v) is 11.6. The van der Waals surface area contributed by atoms with Crippen molar-refractivity contribution in [2.45, 2.75) is 44.6 Å². The molecule has 2 aliphatic rings. The molecule has 7 heteroatoms. The number of nitrogens with zero attached hydrogens (tertiary/aromatic N) is 4. The first kappa shape index (κ1) is 20.8. The van der Waals surface area contributed by atoms with Gasteiger partial charge < -0.3 is 15.5 Å². The van der Waals surface area contributed by atoms with E-state index in [0.717, 1.165) is 79.5 Å². The lowest BCUT2D eigenvalue weighted by Gasteiger charge is -2.29. The average molecular weight is 431 g/mol. The molecule has 2 fully saturated rings. The number of nitrogens with one attached hydrogen (secondary N) is 2. The highest BCUT2D eigenvalue weighted by Crippen LogP contribution is 2.28. The lowest BCUT2D eigenvalue weighted by atomic mass is 10.1. The number of amides is 1. The molecule has 1 saturated heterocycles. The molecule has 5 rings (SSSR count). The maximum absolute atomic E-state index is 12.5.